The van der Waals surface area contributed by atoms with Gasteiger partial charge in [0.25, 0.3) is 21.6 Å². The molecule has 0 radical (unpaired) electrons. The van der Waals surface area contributed by atoms with E-state index in [9.17, 15) is 27.7 Å². The van der Waals surface area contributed by atoms with Gasteiger partial charge in [-0.1, -0.05) is 38.1 Å². The minimum atomic E-state index is -4.69. The zero-order valence-electron chi connectivity index (χ0n) is 38.1. The third kappa shape index (κ3) is 8.81. The molecule has 2 aromatic heterocycles. The lowest BCUT2D eigenvalue weighted by atomic mass is 9.59. The van der Waals surface area contributed by atoms with E-state index in [1.54, 1.807) is 19.2 Å². The topological polar surface area (TPSA) is 181 Å². The van der Waals surface area contributed by atoms with E-state index in [0.717, 1.165) is 69.9 Å². The summed E-state index contributed by atoms with van der Waals surface area (Å²) in [5, 5.41) is 15.8. The molecular formula is C50H58FN7O8S. The normalized spacial score (nSPS) is 23.1. The van der Waals surface area contributed by atoms with Gasteiger partial charge in [-0.05, 0) is 117 Å². The summed E-state index contributed by atoms with van der Waals surface area (Å²) in [5.41, 5.74) is 3.78. The Morgan fingerprint density at radius 3 is 2.55 bits per heavy atom. The molecule has 3 aromatic carbocycles. The SMILES string of the molecule is CO[C@H]1CC[C@@H]([C@@H]2COc3cc(S(=O)(=O)NC(=O)c4ccc(N5CCC6(CC5)CC(N5CCC[C@@H]5c5ccccc5C(C)C)C6)cc4Oc4cnc5[nH]cc(F)c5c4)cc([N+](=O)[O-])c3N2)CC1. The lowest BCUT2D eigenvalue weighted by molar-refractivity contribution is -0.384. The molecular weight excluding hydrogens is 878 g/mol. The molecule has 2 atom stereocenters. The molecule has 3 aliphatic heterocycles. The van der Waals surface area contributed by atoms with Gasteiger partial charge in [-0.2, -0.15) is 0 Å². The predicted molar refractivity (Wildman–Crippen MR) is 252 cm³/mol. The van der Waals surface area contributed by atoms with Crippen molar-refractivity contribution in [2.24, 2.45) is 11.3 Å². The molecule has 5 heterocycles. The molecule has 1 amide bonds. The maximum Gasteiger partial charge on any atom is 0.297 e. The summed E-state index contributed by atoms with van der Waals surface area (Å²) in [6.07, 6.45) is 13.0. The summed E-state index contributed by atoms with van der Waals surface area (Å²) in [6.45, 7) is 7.45. The van der Waals surface area contributed by atoms with Crippen LogP contribution in [0.15, 0.2) is 78.0 Å². The van der Waals surface area contributed by atoms with E-state index in [0.29, 0.717) is 23.6 Å². The number of nitrogens with one attached hydrogen (secondary N) is 3. The van der Waals surface area contributed by atoms with Gasteiger partial charge in [0.05, 0.1) is 39.1 Å². The lowest BCUT2D eigenvalue weighted by Crippen LogP contribution is -2.54. The van der Waals surface area contributed by atoms with Crippen LogP contribution in [0.25, 0.3) is 11.0 Å². The van der Waals surface area contributed by atoms with Gasteiger partial charge in [-0.25, -0.2) is 22.5 Å². The number of H-pyrrole nitrogens is 1. The highest BCUT2D eigenvalue weighted by Crippen LogP contribution is 2.54. The van der Waals surface area contributed by atoms with Crippen LogP contribution in [0.5, 0.6) is 17.2 Å². The van der Waals surface area contributed by atoms with Crippen molar-refractivity contribution in [3.05, 3.63) is 106 Å². The Kier molecular flexibility index (Phi) is 12.1. The van der Waals surface area contributed by atoms with Gasteiger partial charge in [-0.15, -0.1) is 0 Å². The molecule has 2 saturated heterocycles. The van der Waals surface area contributed by atoms with Crippen molar-refractivity contribution in [2.75, 3.05) is 43.6 Å². The molecule has 354 valence electrons. The fourth-order valence-electron chi connectivity index (χ4n) is 11.6. The molecule has 1 spiro atoms. The largest absolute Gasteiger partial charge is 0.489 e. The fraction of sp³-hybridized carbons (Fsp3) is 0.480. The molecule has 67 heavy (non-hydrogen) atoms. The number of nitrogens with zero attached hydrogens (tertiary/aromatic N) is 4. The number of hydrogen-bond donors (Lipinski definition) is 3. The van der Waals surface area contributed by atoms with Crippen LogP contribution in [0.4, 0.5) is 21.5 Å². The van der Waals surface area contributed by atoms with Gasteiger partial charge >= 0.3 is 0 Å². The average molecular weight is 936 g/mol. The number of nitro groups is 1. The van der Waals surface area contributed by atoms with Crippen LogP contribution in [0.3, 0.4) is 0 Å². The number of carbonyl (C=O) groups is 1. The van der Waals surface area contributed by atoms with Crippen molar-refractivity contribution in [1.82, 2.24) is 19.6 Å². The van der Waals surface area contributed by atoms with Crippen LogP contribution in [0, 0.1) is 27.3 Å². The second-order valence-corrected chi connectivity index (χ2v) is 21.2. The van der Waals surface area contributed by atoms with Crippen LogP contribution < -0.4 is 24.4 Å². The van der Waals surface area contributed by atoms with Gasteiger partial charge in [0, 0.05) is 62.4 Å². The quantitative estimate of drug-likeness (QED) is 0.0797. The van der Waals surface area contributed by atoms with E-state index < -0.39 is 37.3 Å². The fourth-order valence-corrected chi connectivity index (χ4v) is 12.6. The van der Waals surface area contributed by atoms with Crippen LogP contribution in [0.2, 0.25) is 0 Å². The third-order valence-electron chi connectivity index (χ3n) is 15.3. The zero-order valence-corrected chi connectivity index (χ0v) is 38.9. The van der Waals surface area contributed by atoms with Crippen LogP contribution in [-0.4, -0.2) is 85.7 Å². The van der Waals surface area contributed by atoms with E-state index in [4.69, 9.17) is 14.2 Å². The average Bonchev–Trinajstić information content (AvgIpc) is 3.96. The number of anilines is 2. The first-order valence-corrected chi connectivity index (χ1v) is 25.1. The number of ether oxygens (including phenoxy) is 3. The monoisotopic (exact) mass is 935 g/mol. The Morgan fingerprint density at radius 1 is 1.03 bits per heavy atom. The number of aromatic nitrogens is 2. The number of nitro benzene ring substituents is 1. The summed E-state index contributed by atoms with van der Waals surface area (Å²) in [5.74, 6) is -0.717. The van der Waals surface area contributed by atoms with Crippen LogP contribution in [-0.2, 0) is 14.8 Å². The maximum absolute atomic E-state index is 14.7. The zero-order chi connectivity index (χ0) is 46.6. The molecule has 5 aliphatic rings. The number of piperidine rings is 1. The third-order valence-corrected chi connectivity index (χ3v) is 16.6. The first-order valence-electron chi connectivity index (χ1n) is 23.6. The first kappa shape index (κ1) is 45.0. The predicted octanol–water partition coefficient (Wildman–Crippen LogP) is 9.61. The van der Waals surface area contributed by atoms with Gasteiger partial charge in [-0.3, -0.25) is 19.8 Å². The molecule has 2 saturated carbocycles. The van der Waals surface area contributed by atoms with E-state index in [1.165, 1.54) is 67.4 Å². The van der Waals surface area contributed by atoms with Crippen LogP contribution >= 0.6 is 0 Å². The van der Waals surface area contributed by atoms with Gasteiger partial charge in [0.1, 0.15) is 29.6 Å². The van der Waals surface area contributed by atoms with E-state index in [1.807, 2.05) is 0 Å². The van der Waals surface area contributed by atoms with Crippen LogP contribution in [0.1, 0.15) is 112 Å². The van der Waals surface area contributed by atoms with Crippen molar-refractivity contribution >= 4 is 44.0 Å². The number of aromatic amines is 1. The number of carbonyl (C=O) groups excluding carboxylic acids is 1. The van der Waals surface area contributed by atoms with Crippen molar-refractivity contribution in [3.63, 3.8) is 0 Å². The molecule has 2 aliphatic carbocycles. The Morgan fingerprint density at radius 2 is 1.81 bits per heavy atom. The molecule has 0 bridgehead atoms. The lowest BCUT2D eigenvalue weighted by Gasteiger charge is -2.56. The first-order chi connectivity index (χ1) is 32.3. The number of likely N-dealkylation sites (tertiary alicyclic amines) is 1. The van der Waals surface area contributed by atoms with Crippen molar-refractivity contribution < 1.29 is 36.7 Å². The van der Waals surface area contributed by atoms with E-state index in [2.05, 4.69) is 67.9 Å². The van der Waals surface area contributed by atoms with E-state index in [-0.39, 0.29) is 64.0 Å². The Hall–Kier alpha value is -5.78. The number of sulfonamides is 1. The number of benzene rings is 3. The second kappa shape index (κ2) is 18.0. The van der Waals surface area contributed by atoms with Gasteiger partial charge in [0.2, 0.25) is 0 Å². The minimum absolute atomic E-state index is 0.00509. The number of amides is 1. The molecule has 0 unspecified atom stereocenters. The molecule has 3 N–H and O–H groups in total. The summed E-state index contributed by atoms with van der Waals surface area (Å²) >= 11 is 0. The van der Waals surface area contributed by atoms with E-state index >= 15 is 0 Å². The molecule has 15 nitrogen and oxygen atoms in total. The number of methoxy groups -OCH3 is 1. The molecule has 5 aromatic rings. The second-order valence-electron chi connectivity index (χ2n) is 19.6. The van der Waals surface area contributed by atoms with Gasteiger partial charge < -0.3 is 29.4 Å². The number of halogens is 1. The summed E-state index contributed by atoms with van der Waals surface area (Å²) in [4.78, 5) is 37.4. The summed E-state index contributed by atoms with van der Waals surface area (Å²) in [6, 6.07) is 18.3. The highest BCUT2D eigenvalue weighted by molar-refractivity contribution is 7.90. The van der Waals surface area contributed by atoms with Crippen molar-refractivity contribution in [2.45, 2.75) is 113 Å². The number of fused-ring (bicyclic) bond motifs is 2. The number of rotatable bonds is 12. The molecule has 4 fully saturated rings. The van der Waals surface area contributed by atoms with Gasteiger partial charge in [0.15, 0.2) is 11.4 Å². The molecule has 17 heteroatoms. The Labute approximate surface area is 390 Å². The smallest absolute Gasteiger partial charge is 0.297 e. The molecule has 10 rings (SSSR count). The maximum atomic E-state index is 14.7. The number of hydrogen-bond acceptors (Lipinski definition) is 12. The Balaban J connectivity index is 0.861. The summed E-state index contributed by atoms with van der Waals surface area (Å²) in [7, 11) is -3.00. The standard InChI is InChI=1S/C50H58FN7O8S/c1-30(2)37-7-4-5-8-38(37)43-9-6-18-57(43)33-25-50(26-33)16-19-56(20-17-50)32-12-15-39(45(21-32)66-35-22-40-41(51)28-53-48(40)52-27-35)49(59)55-67(62,63)36-23-44(58(60)61)47-46(24-36)65-29-42(54-47)31-10-13-34(64-3)14-11-31/h4-5,7-8,12,15,21-24,27-28,30-31,33-34,42-43,54H,6,9-11,13-14,16-20,25-26,29H2,1-3H3,(H,52,53)(H,55,59)/t31-,34+,42-,43+/m0/s1. The van der Waals surface area contributed by atoms with Crippen molar-refractivity contribution in [1.29, 1.82) is 0 Å². The number of pyridine rings is 1. The highest BCUT2D eigenvalue weighted by Gasteiger charge is 2.50. The summed E-state index contributed by atoms with van der Waals surface area (Å²) < 4.78 is 62.5. The van der Waals surface area contributed by atoms with Crippen molar-refractivity contribution in [3.8, 4) is 17.2 Å². The highest BCUT2D eigenvalue weighted by atomic mass is 32.2. The Bertz CT molecular complexity index is 2800. The minimum Gasteiger partial charge on any atom is -0.489 e.